The maximum Gasteiger partial charge on any atom is 0.238 e. The van der Waals surface area contributed by atoms with Gasteiger partial charge in [0.25, 0.3) is 0 Å². The summed E-state index contributed by atoms with van der Waals surface area (Å²) < 4.78 is 0. The largest absolute Gasteiger partial charge is 0.350 e. The number of likely N-dealkylation sites (N-methyl/N-ethyl adjacent to an activating group) is 1. The average molecular weight is 533 g/mol. The molecule has 2 amide bonds. The number of rotatable bonds is 8. The maximum absolute atomic E-state index is 14.0. The highest BCUT2D eigenvalue weighted by Crippen LogP contribution is 2.32. The Hall–Kier alpha value is -2.70. The Labute approximate surface area is 235 Å². The molecule has 2 aromatic rings. The Morgan fingerprint density at radius 3 is 2.46 bits per heavy atom. The molecule has 1 aliphatic heterocycles. The van der Waals surface area contributed by atoms with E-state index < -0.39 is 0 Å². The number of fused-ring (bicyclic) bond motifs is 2. The van der Waals surface area contributed by atoms with Crippen molar-refractivity contribution in [3.63, 3.8) is 0 Å². The Balaban J connectivity index is 1.62. The van der Waals surface area contributed by atoms with E-state index in [2.05, 4.69) is 97.9 Å². The average Bonchev–Trinajstić information content (AvgIpc) is 2.91. The number of carbonyl (C=O) groups is 2. The number of nitrogens with zero attached hydrogens (tertiary/aromatic N) is 1. The van der Waals surface area contributed by atoms with Gasteiger partial charge in [-0.15, -0.1) is 0 Å². The number of hydrogen-bond acceptors (Lipinski definition) is 4. The number of amides is 2. The lowest BCUT2D eigenvalue weighted by molar-refractivity contribution is -0.128. The number of hydrogen-bond donors (Lipinski definition) is 3. The van der Waals surface area contributed by atoms with E-state index >= 15 is 0 Å². The smallest absolute Gasteiger partial charge is 0.238 e. The van der Waals surface area contributed by atoms with Crippen LogP contribution in [0.1, 0.15) is 94.2 Å². The summed E-state index contributed by atoms with van der Waals surface area (Å²) in [5.74, 6) is 0.510. The lowest BCUT2D eigenvalue weighted by Gasteiger charge is -2.42. The molecule has 39 heavy (non-hydrogen) atoms. The molecule has 2 aromatic carbocycles. The van der Waals surface area contributed by atoms with E-state index in [1.165, 1.54) is 27.8 Å². The Morgan fingerprint density at radius 2 is 1.77 bits per heavy atom. The number of aryl methyl sites for hydroxylation is 1. The first-order chi connectivity index (χ1) is 18.5. The molecule has 0 radical (unpaired) electrons. The van der Waals surface area contributed by atoms with Gasteiger partial charge in [-0.2, -0.15) is 0 Å². The van der Waals surface area contributed by atoms with Gasteiger partial charge in [0.15, 0.2) is 0 Å². The first kappa shape index (κ1) is 29.3. The standard InChI is InChI=1S/C33H48N4O2/c1-21(2)24-15-16-25-18-29(32(39)35-28-14-10-12-23-11-8-9-13-27(23)28)37(19-26(25)17-24)20-30(33(4,5)6)36-31(38)22(3)34-7/h8-9,11,13,15-17,21-22,28-30,34H,10,12,14,18-20H2,1-7H3,(H,35,39)(H,36,38)/t22-,28+,29-,30+/m0/s1. The van der Waals surface area contributed by atoms with E-state index in [9.17, 15) is 9.59 Å². The summed E-state index contributed by atoms with van der Waals surface area (Å²) in [6, 6.07) is 14.6. The lowest BCUT2D eigenvalue weighted by Crippen LogP contribution is -2.59. The summed E-state index contributed by atoms with van der Waals surface area (Å²) >= 11 is 0. The summed E-state index contributed by atoms with van der Waals surface area (Å²) in [4.78, 5) is 29.2. The van der Waals surface area contributed by atoms with E-state index in [0.717, 1.165) is 19.3 Å². The van der Waals surface area contributed by atoms with Crippen LogP contribution in [0, 0.1) is 5.41 Å². The van der Waals surface area contributed by atoms with Crippen molar-refractivity contribution in [1.29, 1.82) is 0 Å². The lowest BCUT2D eigenvalue weighted by atomic mass is 9.84. The molecule has 0 saturated heterocycles. The highest BCUT2D eigenvalue weighted by molar-refractivity contribution is 5.83. The summed E-state index contributed by atoms with van der Waals surface area (Å²) in [5, 5.41) is 9.77. The zero-order chi connectivity index (χ0) is 28.3. The normalized spacial score (nSPS) is 21.0. The summed E-state index contributed by atoms with van der Waals surface area (Å²) in [6.07, 6.45) is 3.79. The summed E-state index contributed by atoms with van der Waals surface area (Å²) in [5.41, 5.74) is 6.28. The maximum atomic E-state index is 14.0. The number of nitrogens with one attached hydrogen (secondary N) is 3. The molecule has 4 atom stereocenters. The van der Waals surface area contributed by atoms with Crippen LogP contribution in [0.2, 0.25) is 0 Å². The van der Waals surface area contributed by atoms with Crippen molar-refractivity contribution in [1.82, 2.24) is 20.9 Å². The Kier molecular flexibility index (Phi) is 9.18. The first-order valence-corrected chi connectivity index (χ1v) is 14.7. The SMILES string of the molecule is CN[C@@H](C)C(=O)N[C@H](CN1Cc2cc(C(C)C)ccc2C[C@H]1C(=O)N[C@@H]1CCCc2ccccc21)C(C)(C)C. The third-order valence-electron chi connectivity index (χ3n) is 8.72. The van der Waals surface area contributed by atoms with Crippen LogP contribution in [0.25, 0.3) is 0 Å². The number of carbonyl (C=O) groups excluding carboxylic acids is 2. The van der Waals surface area contributed by atoms with Crippen molar-refractivity contribution in [2.75, 3.05) is 13.6 Å². The molecule has 212 valence electrons. The van der Waals surface area contributed by atoms with Crippen molar-refractivity contribution in [2.45, 2.75) is 104 Å². The third-order valence-corrected chi connectivity index (χ3v) is 8.72. The molecular weight excluding hydrogens is 484 g/mol. The highest BCUT2D eigenvalue weighted by Gasteiger charge is 2.37. The fourth-order valence-electron chi connectivity index (χ4n) is 5.84. The van der Waals surface area contributed by atoms with Crippen molar-refractivity contribution in [3.05, 3.63) is 70.3 Å². The van der Waals surface area contributed by atoms with Gasteiger partial charge in [0.2, 0.25) is 11.8 Å². The molecule has 2 aliphatic rings. The molecule has 3 N–H and O–H groups in total. The van der Waals surface area contributed by atoms with Crippen LogP contribution in [-0.2, 0) is 29.0 Å². The molecule has 0 saturated carbocycles. The molecule has 6 heteroatoms. The zero-order valence-electron chi connectivity index (χ0n) is 24.9. The summed E-state index contributed by atoms with van der Waals surface area (Å²) in [6.45, 7) is 14.1. The van der Waals surface area contributed by atoms with E-state index in [0.29, 0.717) is 25.4 Å². The zero-order valence-corrected chi connectivity index (χ0v) is 24.9. The minimum absolute atomic E-state index is 0.0169. The molecule has 0 aromatic heterocycles. The van der Waals surface area contributed by atoms with Gasteiger partial charge >= 0.3 is 0 Å². The van der Waals surface area contributed by atoms with Crippen LogP contribution in [-0.4, -0.2) is 48.4 Å². The van der Waals surface area contributed by atoms with Gasteiger partial charge in [-0.25, -0.2) is 0 Å². The van der Waals surface area contributed by atoms with E-state index in [-0.39, 0.29) is 41.4 Å². The van der Waals surface area contributed by atoms with E-state index in [1.54, 1.807) is 7.05 Å². The van der Waals surface area contributed by atoms with Crippen LogP contribution in [0.15, 0.2) is 42.5 Å². The fraction of sp³-hybridized carbons (Fsp3) is 0.576. The van der Waals surface area contributed by atoms with Crippen molar-refractivity contribution in [2.24, 2.45) is 5.41 Å². The molecular formula is C33H48N4O2. The second-order valence-corrected chi connectivity index (χ2v) is 12.9. The van der Waals surface area contributed by atoms with Crippen LogP contribution < -0.4 is 16.0 Å². The van der Waals surface area contributed by atoms with Gasteiger partial charge in [0, 0.05) is 19.1 Å². The molecule has 1 aliphatic carbocycles. The van der Waals surface area contributed by atoms with Gasteiger partial charge in [-0.3, -0.25) is 14.5 Å². The van der Waals surface area contributed by atoms with Gasteiger partial charge in [-0.05, 0) is 78.8 Å². The van der Waals surface area contributed by atoms with E-state index in [4.69, 9.17) is 0 Å². The van der Waals surface area contributed by atoms with Crippen LogP contribution >= 0.6 is 0 Å². The van der Waals surface area contributed by atoms with Gasteiger partial charge < -0.3 is 16.0 Å². The Morgan fingerprint density at radius 1 is 1.03 bits per heavy atom. The summed E-state index contributed by atoms with van der Waals surface area (Å²) in [7, 11) is 1.80. The quantitative estimate of drug-likeness (QED) is 0.454. The minimum Gasteiger partial charge on any atom is -0.350 e. The third kappa shape index (κ3) is 6.90. The van der Waals surface area contributed by atoms with Gasteiger partial charge in [0.1, 0.15) is 0 Å². The van der Waals surface area contributed by atoms with E-state index in [1.807, 2.05) is 6.92 Å². The van der Waals surface area contributed by atoms with Crippen LogP contribution in [0.3, 0.4) is 0 Å². The van der Waals surface area contributed by atoms with Crippen molar-refractivity contribution < 1.29 is 9.59 Å². The van der Waals surface area contributed by atoms with Crippen LogP contribution in [0.4, 0.5) is 0 Å². The topological polar surface area (TPSA) is 73.5 Å². The fourth-order valence-corrected chi connectivity index (χ4v) is 5.84. The molecule has 0 bridgehead atoms. The predicted molar refractivity (Wildman–Crippen MR) is 159 cm³/mol. The minimum atomic E-state index is -0.292. The van der Waals surface area contributed by atoms with Gasteiger partial charge in [0.05, 0.1) is 18.1 Å². The molecule has 0 spiro atoms. The molecule has 4 rings (SSSR count). The van der Waals surface area contributed by atoms with Crippen LogP contribution in [0.5, 0.6) is 0 Å². The molecule has 6 nitrogen and oxygen atoms in total. The first-order valence-electron chi connectivity index (χ1n) is 14.7. The van der Waals surface area contributed by atoms with Crippen molar-refractivity contribution in [3.8, 4) is 0 Å². The predicted octanol–water partition coefficient (Wildman–Crippen LogP) is 4.87. The number of benzene rings is 2. The molecule has 0 unspecified atom stereocenters. The second kappa shape index (κ2) is 12.2. The van der Waals surface area contributed by atoms with Gasteiger partial charge in [-0.1, -0.05) is 77.1 Å². The molecule has 0 fully saturated rings. The highest BCUT2D eigenvalue weighted by atomic mass is 16.2. The monoisotopic (exact) mass is 532 g/mol. The Bertz CT molecular complexity index is 1170. The molecule has 1 heterocycles. The van der Waals surface area contributed by atoms with Crippen molar-refractivity contribution >= 4 is 11.8 Å². The second-order valence-electron chi connectivity index (χ2n) is 12.9.